The number of rotatable bonds is 5. The molecule has 0 N–H and O–H groups in total. The van der Waals surface area contributed by atoms with E-state index in [4.69, 9.17) is 4.74 Å². The number of Topliss-reactive ketones (excluding diaryl/α,β-unsaturated/α-hetero) is 1. The molecule has 1 aromatic rings. The van der Waals surface area contributed by atoms with Crippen LogP contribution in [0.25, 0.3) is 0 Å². The van der Waals surface area contributed by atoms with Crippen LogP contribution in [0.15, 0.2) is 24.3 Å². The first-order valence-electron chi connectivity index (χ1n) is 6.70. The Morgan fingerprint density at radius 3 is 2.79 bits per heavy atom. The van der Waals surface area contributed by atoms with Crippen molar-refractivity contribution in [2.75, 3.05) is 33.4 Å². The van der Waals surface area contributed by atoms with Gasteiger partial charge in [0.2, 0.25) is 0 Å². The highest BCUT2D eigenvalue weighted by atomic mass is 19.1. The molecule has 1 heterocycles. The van der Waals surface area contributed by atoms with Crippen molar-refractivity contribution in [3.63, 3.8) is 0 Å². The molecule has 1 aromatic carbocycles. The van der Waals surface area contributed by atoms with E-state index in [1.54, 1.807) is 0 Å². The van der Waals surface area contributed by atoms with Gasteiger partial charge < -0.3 is 4.74 Å². The van der Waals surface area contributed by atoms with Crippen LogP contribution in [0.5, 0.6) is 0 Å². The van der Waals surface area contributed by atoms with Crippen molar-refractivity contribution in [1.82, 2.24) is 4.90 Å². The lowest BCUT2D eigenvalue weighted by molar-refractivity contribution is 0.0416. The number of likely N-dealkylation sites (N-methyl/N-ethyl adjacent to an activating group) is 1. The average Bonchev–Trinajstić information content (AvgIpc) is 2.40. The zero-order chi connectivity index (χ0) is 13.7. The normalized spacial score (nSPS) is 19.6. The van der Waals surface area contributed by atoms with Gasteiger partial charge in [0, 0.05) is 18.7 Å². The van der Waals surface area contributed by atoms with Crippen LogP contribution in [0.1, 0.15) is 23.2 Å². The third-order valence-electron chi connectivity index (χ3n) is 3.40. The number of nitrogens with zero attached hydrogens (tertiary/aromatic N) is 1. The SMILES string of the molecule is CN(CC(=O)c1ccc(F)cc1)CC1CCCOC1. The monoisotopic (exact) mass is 265 g/mol. The van der Waals surface area contributed by atoms with E-state index in [1.807, 2.05) is 11.9 Å². The molecule has 1 saturated heterocycles. The Hall–Kier alpha value is -1.26. The molecular formula is C15H20FNO2. The van der Waals surface area contributed by atoms with Gasteiger partial charge in [0.05, 0.1) is 13.2 Å². The summed E-state index contributed by atoms with van der Waals surface area (Å²) >= 11 is 0. The van der Waals surface area contributed by atoms with Crippen molar-refractivity contribution in [3.8, 4) is 0 Å². The fraction of sp³-hybridized carbons (Fsp3) is 0.533. The molecule has 1 unspecified atom stereocenters. The summed E-state index contributed by atoms with van der Waals surface area (Å²) in [6.07, 6.45) is 2.26. The summed E-state index contributed by atoms with van der Waals surface area (Å²) in [5, 5.41) is 0. The van der Waals surface area contributed by atoms with Crippen molar-refractivity contribution in [2.24, 2.45) is 5.92 Å². The molecule has 1 atom stereocenters. The Bertz CT molecular complexity index is 413. The molecule has 1 fully saturated rings. The summed E-state index contributed by atoms with van der Waals surface area (Å²) < 4.78 is 18.2. The van der Waals surface area contributed by atoms with E-state index in [0.29, 0.717) is 18.0 Å². The van der Waals surface area contributed by atoms with E-state index >= 15 is 0 Å². The van der Waals surface area contributed by atoms with E-state index in [1.165, 1.54) is 24.3 Å². The van der Waals surface area contributed by atoms with Gasteiger partial charge in [-0.05, 0) is 50.1 Å². The fourth-order valence-corrected chi connectivity index (χ4v) is 2.43. The summed E-state index contributed by atoms with van der Waals surface area (Å²) in [5.74, 6) is 0.225. The topological polar surface area (TPSA) is 29.5 Å². The highest BCUT2D eigenvalue weighted by molar-refractivity contribution is 5.97. The van der Waals surface area contributed by atoms with Crippen LogP contribution in [0.3, 0.4) is 0 Å². The van der Waals surface area contributed by atoms with Crippen molar-refractivity contribution < 1.29 is 13.9 Å². The molecule has 0 aliphatic carbocycles. The molecule has 1 aliphatic heterocycles. The Labute approximate surface area is 113 Å². The summed E-state index contributed by atoms with van der Waals surface area (Å²) in [6.45, 7) is 2.87. The zero-order valence-electron chi connectivity index (χ0n) is 11.3. The highest BCUT2D eigenvalue weighted by Gasteiger charge is 2.17. The quantitative estimate of drug-likeness (QED) is 0.765. The first-order valence-corrected chi connectivity index (χ1v) is 6.70. The van der Waals surface area contributed by atoms with Gasteiger partial charge in [-0.25, -0.2) is 4.39 Å². The summed E-state index contributed by atoms with van der Waals surface area (Å²) in [5.41, 5.74) is 0.563. The number of halogens is 1. The number of hydrogen-bond acceptors (Lipinski definition) is 3. The van der Waals surface area contributed by atoms with Crippen LogP contribution in [-0.2, 0) is 4.74 Å². The summed E-state index contributed by atoms with van der Waals surface area (Å²) in [7, 11) is 1.94. The second-order valence-electron chi connectivity index (χ2n) is 5.21. The zero-order valence-corrected chi connectivity index (χ0v) is 11.3. The second kappa shape index (κ2) is 6.78. The molecular weight excluding hydrogens is 245 g/mol. The van der Waals surface area contributed by atoms with Gasteiger partial charge >= 0.3 is 0 Å². The lowest BCUT2D eigenvalue weighted by Gasteiger charge is -2.26. The molecule has 4 heteroatoms. The van der Waals surface area contributed by atoms with Crippen LogP contribution in [0.4, 0.5) is 4.39 Å². The van der Waals surface area contributed by atoms with Crippen LogP contribution in [-0.4, -0.2) is 44.0 Å². The van der Waals surface area contributed by atoms with Crippen molar-refractivity contribution in [2.45, 2.75) is 12.8 Å². The maximum atomic E-state index is 12.8. The average molecular weight is 265 g/mol. The predicted octanol–water partition coefficient (Wildman–Crippen LogP) is 2.37. The maximum Gasteiger partial charge on any atom is 0.176 e. The molecule has 0 saturated carbocycles. The van der Waals surface area contributed by atoms with Gasteiger partial charge in [0.15, 0.2) is 5.78 Å². The lowest BCUT2D eigenvalue weighted by Crippen LogP contribution is -2.34. The molecule has 0 amide bonds. The number of hydrogen-bond donors (Lipinski definition) is 0. The van der Waals surface area contributed by atoms with Crippen molar-refractivity contribution >= 4 is 5.78 Å². The summed E-state index contributed by atoms with van der Waals surface area (Å²) in [4.78, 5) is 14.0. The molecule has 104 valence electrons. The molecule has 19 heavy (non-hydrogen) atoms. The lowest BCUT2D eigenvalue weighted by atomic mass is 10.0. The Morgan fingerprint density at radius 1 is 1.42 bits per heavy atom. The van der Waals surface area contributed by atoms with Gasteiger partial charge in [0.1, 0.15) is 5.82 Å². The Kier molecular flexibility index (Phi) is 5.05. The molecule has 3 nitrogen and oxygen atoms in total. The van der Waals surface area contributed by atoms with Gasteiger partial charge in [-0.3, -0.25) is 9.69 Å². The van der Waals surface area contributed by atoms with Crippen molar-refractivity contribution in [3.05, 3.63) is 35.6 Å². The van der Waals surface area contributed by atoms with Crippen LogP contribution < -0.4 is 0 Å². The van der Waals surface area contributed by atoms with Crippen molar-refractivity contribution in [1.29, 1.82) is 0 Å². The van der Waals surface area contributed by atoms with Crippen LogP contribution in [0, 0.1) is 11.7 Å². The minimum Gasteiger partial charge on any atom is -0.381 e. The van der Waals surface area contributed by atoms with Gasteiger partial charge in [-0.15, -0.1) is 0 Å². The number of carbonyl (C=O) groups is 1. The second-order valence-corrected chi connectivity index (χ2v) is 5.21. The smallest absolute Gasteiger partial charge is 0.176 e. The van der Waals surface area contributed by atoms with Gasteiger partial charge in [0.25, 0.3) is 0 Å². The fourth-order valence-electron chi connectivity index (χ4n) is 2.43. The first kappa shape index (κ1) is 14.2. The standard InChI is InChI=1S/C15H20FNO2/c1-17(9-12-3-2-8-19-11-12)10-15(18)13-4-6-14(16)7-5-13/h4-7,12H,2-3,8-11H2,1H3. The molecule has 0 aromatic heterocycles. The van der Waals surface area contributed by atoms with E-state index in [0.717, 1.165) is 32.6 Å². The number of ether oxygens (including phenoxy) is 1. The molecule has 0 spiro atoms. The van der Waals surface area contributed by atoms with E-state index in [9.17, 15) is 9.18 Å². The minimum absolute atomic E-state index is 0.0271. The third-order valence-corrected chi connectivity index (χ3v) is 3.40. The number of carbonyl (C=O) groups excluding carboxylic acids is 1. The predicted molar refractivity (Wildman–Crippen MR) is 71.8 cm³/mol. The molecule has 0 bridgehead atoms. The van der Waals surface area contributed by atoms with E-state index < -0.39 is 0 Å². The van der Waals surface area contributed by atoms with E-state index in [2.05, 4.69) is 0 Å². The largest absolute Gasteiger partial charge is 0.381 e. The van der Waals surface area contributed by atoms with Gasteiger partial charge in [-0.1, -0.05) is 0 Å². The molecule has 1 aliphatic rings. The molecule has 0 radical (unpaired) electrons. The highest BCUT2D eigenvalue weighted by Crippen LogP contribution is 2.14. The number of ketones is 1. The first-order chi connectivity index (χ1) is 9.15. The van der Waals surface area contributed by atoms with Crippen LogP contribution >= 0.6 is 0 Å². The Morgan fingerprint density at radius 2 is 2.16 bits per heavy atom. The minimum atomic E-state index is -0.316. The van der Waals surface area contributed by atoms with Crippen LogP contribution in [0.2, 0.25) is 0 Å². The third kappa shape index (κ3) is 4.40. The number of benzene rings is 1. The summed E-state index contributed by atoms with van der Waals surface area (Å²) in [6, 6.07) is 5.72. The van der Waals surface area contributed by atoms with E-state index in [-0.39, 0.29) is 11.6 Å². The van der Waals surface area contributed by atoms with Gasteiger partial charge in [-0.2, -0.15) is 0 Å². The Balaban J connectivity index is 1.82. The maximum absolute atomic E-state index is 12.8. The molecule has 2 rings (SSSR count).